The fraction of sp³-hybridized carbons (Fsp3) is 0.333. The quantitative estimate of drug-likeness (QED) is 0.578. The summed E-state index contributed by atoms with van der Waals surface area (Å²) in [5.41, 5.74) is 1.67. The first kappa shape index (κ1) is 12.2. The van der Waals surface area contributed by atoms with E-state index in [1.807, 2.05) is 13.0 Å². The lowest BCUT2D eigenvalue weighted by molar-refractivity contribution is -0.134. The van der Waals surface area contributed by atoms with Gasteiger partial charge >= 0.3 is 5.97 Å². The summed E-state index contributed by atoms with van der Waals surface area (Å²) in [5.74, 6) is 0.338. The molecule has 1 aromatic rings. The molecule has 0 fully saturated rings. The maximum absolute atomic E-state index is 11.1. The smallest absolute Gasteiger partial charge is 0.349 e. The number of hydrogen-bond acceptors (Lipinski definition) is 4. The predicted octanol–water partition coefficient (Wildman–Crippen LogP) is 2.27. The molecule has 0 radical (unpaired) electrons. The molecule has 0 aliphatic carbocycles. The molecular formula is C12H15NO3. The molecule has 0 heterocycles. The van der Waals surface area contributed by atoms with Crippen molar-refractivity contribution in [3.8, 4) is 5.75 Å². The molecule has 0 unspecified atom stereocenters. The topological polar surface area (TPSA) is 47.9 Å². The number of hydrogen-bond donors (Lipinski definition) is 0. The van der Waals surface area contributed by atoms with Gasteiger partial charge in [0.25, 0.3) is 0 Å². The van der Waals surface area contributed by atoms with E-state index in [1.165, 1.54) is 6.21 Å². The average molecular weight is 221 g/mol. The maximum atomic E-state index is 11.1. The number of ether oxygens (including phenoxy) is 2. The Balaban J connectivity index is 2.78. The van der Waals surface area contributed by atoms with Crippen LogP contribution in [0.15, 0.2) is 23.2 Å². The summed E-state index contributed by atoms with van der Waals surface area (Å²) in [7, 11) is 1.61. The zero-order chi connectivity index (χ0) is 12.0. The SMILES string of the molecule is CCOC(=O)C=Nc1ccc(OC)cc1C. The lowest BCUT2D eigenvalue weighted by Crippen LogP contribution is -2.04. The van der Waals surface area contributed by atoms with Crippen LogP contribution in [0.5, 0.6) is 5.75 Å². The summed E-state index contributed by atoms with van der Waals surface area (Å²) in [6.07, 6.45) is 1.18. The minimum absolute atomic E-state index is 0.354. The number of aliphatic imine (C=N–C) groups is 1. The number of rotatable bonds is 4. The molecule has 0 saturated carbocycles. The zero-order valence-electron chi connectivity index (χ0n) is 9.69. The van der Waals surface area contributed by atoms with Crippen LogP contribution in [0.3, 0.4) is 0 Å². The molecule has 0 aromatic heterocycles. The van der Waals surface area contributed by atoms with Crippen molar-refractivity contribution in [2.45, 2.75) is 13.8 Å². The van der Waals surface area contributed by atoms with Gasteiger partial charge in [0.15, 0.2) is 0 Å². The molecule has 0 aliphatic rings. The molecule has 16 heavy (non-hydrogen) atoms. The van der Waals surface area contributed by atoms with Crippen molar-refractivity contribution in [3.63, 3.8) is 0 Å². The first-order chi connectivity index (χ1) is 7.67. The largest absolute Gasteiger partial charge is 0.497 e. The van der Waals surface area contributed by atoms with Crippen LogP contribution in [0, 0.1) is 6.92 Å². The maximum Gasteiger partial charge on any atom is 0.349 e. The summed E-state index contributed by atoms with van der Waals surface area (Å²) in [6, 6.07) is 5.45. The second-order valence-electron chi connectivity index (χ2n) is 3.16. The number of esters is 1. The molecule has 0 bridgehead atoms. The number of methoxy groups -OCH3 is 1. The Kier molecular flexibility index (Phi) is 4.51. The highest BCUT2D eigenvalue weighted by Gasteiger charge is 2.00. The van der Waals surface area contributed by atoms with Crippen LogP contribution in [0.1, 0.15) is 12.5 Å². The normalized spacial score (nSPS) is 10.4. The minimum atomic E-state index is -0.433. The van der Waals surface area contributed by atoms with E-state index in [9.17, 15) is 4.79 Å². The van der Waals surface area contributed by atoms with Gasteiger partial charge in [-0.2, -0.15) is 0 Å². The standard InChI is InChI=1S/C12H15NO3/c1-4-16-12(14)8-13-11-6-5-10(15-3)7-9(11)2/h5-8H,4H2,1-3H3. The van der Waals surface area contributed by atoms with Gasteiger partial charge in [0.1, 0.15) is 12.0 Å². The Hall–Kier alpha value is -1.84. The summed E-state index contributed by atoms with van der Waals surface area (Å²) < 4.78 is 9.81. The molecule has 0 saturated heterocycles. The first-order valence-electron chi connectivity index (χ1n) is 5.02. The molecule has 4 heteroatoms. The van der Waals surface area contributed by atoms with Crippen LogP contribution in [0.2, 0.25) is 0 Å². The van der Waals surface area contributed by atoms with Crippen molar-refractivity contribution < 1.29 is 14.3 Å². The molecule has 0 atom stereocenters. The average Bonchev–Trinajstić information content (AvgIpc) is 2.27. The van der Waals surface area contributed by atoms with E-state index in [4.69, 9.17) is 9.47 Å². The number of carbonyl (C=O) groups is 1. The van der Waals surface area contributed by atoms with Crippen molar-refractivity contribution in [1.29, 1.82) is 0 Å². The van der Waals surface area contributed by atoms with E-state index in [0.717, 1.165) is 17.0 Å². The van der Waals surface area contributed by atoms with Crippen LogP contribution < -0.4 is 4.74 Å². The summed E-state index contributed by atoms with van der Waals surface area (Å²) >= 11 is 0. The van der Waals surface area contributed by atoms with Crippen molar-refractivity contribution in [2.75, 3.05) is 13.7 Å². The van der Waals surface area contributed by atoms with E-state index in [2.05, 4.69) is 4.99 Å². The van der Waals surface area contributed by atoms with Gasteiger partial charge in [0.2, 0.25) is 0 Å². The predicted molar refractivity (Wildman–Crippen MR) is 62.5 cm³/mol. The van der Waals surface area contributed by atoms with Crippen molar-refractivity contribution in [2.24, 2.45) is 4.99 Å². The molecule has 86 valence electrons. The van der Waals surface area contributed by atoms with Gasteiger partial charge in [0, 0.05) is 0 Å². The molecule has 0 spiro atoms. The van der Waals surface area contributed by atoms with Crippen LogP contribution in [0.25, 0.3) is 0 Å². The molecule has 0 amide bonds. The zero-order valence-corrected chi connectivity index (χ0v) is 9.69. The van der Waals surface area contributed by atoms with Gasteiger partial charge in [-0.1, -0.05) is 0 Å². The molecule has 1 aromatic carbocycles. The number of nitrogens with zero attached hydrogens (tertiary/aromatic N) is 1. The van der Waals surface area contributed by atoms with Crippen LogP contribution >= 0.6 is 0 Å². The Bertz CT molecular complexity index is 399. The van der Waals surface area contributed by atoms with Gasteiger partial charge < -0.3 is 9.47 Å². The van der Waals surface area contributed by atoms with Crippen molar-refractivity contribution >= 4 is 17.9 Å². The minimum Gasteiger partial charge on any atom is -0.497 e. The molecule has 0 N–H and O–H groups in total. The summed E-state index contributed by atoms with van der Waals surface area (Å²) in [5, 5.41) is 0. The summed E-state index contributed by atoms with van der Waals surface area (Å²) in [6.45, 7) is 4.01. The lowest BCUT2D eigenvalue weighted by atomic mass is 10.2. The van der Waals surface area contributed by atoms with E-state index >= 15 is 0 Å². The monoisotopic (exact) mass is 221 g/mol. The second kappa shape index (κ2) is 5.90. The highest BCUT2D eigenvalue weighted by atomic mass is 16.5. The highest BCUT2D eigenvalue weighted by molar-refractivity contribution is 6.23. The molecule has 4 nitrogen and oxygen atoms in total. The van der Waals surface area contributed by atoms with E-state index in [1.54, 1.807) is 26.2 Å². The van der Waals surface area contributed by atoms with Crippen LogP contribution in [-0.2, 0) is 9.53 Å². The Morgan fingerprint density at radius 1 is 1.50 bits per heavy atom. The number of aryl methyl sites for hydroxylation is 1. The Morgan fingerprint density at radius 3 is 2.81 bits per heavy atom. The molecule has 1 rings (SSSR count). The van der Waals surface area contributed by atoms with Gasteiger partial charge in [-0.3, -0.25) is 0 Å². The van der Waals surface area contributed by atoms with Gasteiger partial charge in [-0.15, -0.1) is 0 Å². The molecule has 0 aliphatic heterocycles. The fourth-order valence-corrected chi connectivity index (χ4v) is 1.20. The summed E-state index contributed by atoms with van der Waals surface area (Å²) in [4.78, 5) is 15.1. The Morgan fingerprint density at radius 2 is 2.25 bits per heavy atom. The van der Waals surface area contributed by atoms with E-state index < -0.39 is 5.97 Å². The third-order valence-electron chi connectivity index (χ3n) is 2.00. The van der Waals surface area contributed by atoms with E-state index in [-0.39, 0.29) is 0 Å². The number of carbonyl (C=O) groups excluding carboxylic acids is 1. The third kappa shape index (κ3) is 3.38. The van der Waals surface area contributed by atoms with Crippen LogP contribution in [0.4, 0.5) is 5.69 Å². The lowest BCUT2D eigenvalue weighted by Gasteiger charge is -2.03. The van der Waals surface area contributed by atoms with Gasteiger partial charge in [-0.25, -0.2) is 9.79 Å². The number of benzene rings is 1. The third-order valence-corrected chi connectivity index (χ3v) is 2.00. The second-order valence-corrected chi connectivity index (χ2v) is 3.16. The molecular weight excluding hydrogens is 206 g/mol. The van der Waals surface area contributed by atoms with E-state index in [0.29, 0.717) is 6.61 Å². The first-order valence-corrected chi connectivity index (χ1v) is 5.02. The highest BCUT2D eigenvalue weighted by Crippen LogP contribution is 2.23. The van der Waals surface area contributed by atoms with Crippen molar-refractivity contribution in [3.05, 3.63) is 23.8 Å². The van der Waals surface area contributed by atoms with Crippen molar-refractivity contribution in [1.82, 2.24) is 0 Å². The fourth-order valence-electron chi connectivity index (χ4n) is 1.20. The van der Waals surface area contributed by atoms with Gasteiger partial charge in [0.05, 0.1) is 19.4 Å². The Labute approximate surface area is 94.9 Å². The van der Waals surface area contributed by atoms with Gasteiger partial charge in [-0.05, 0) is 37.6 Å². The van der Waals surface area contributed by atoms with Crippen LogP contribution in [-0.4, -0.2) is 25.9 Å².